The molecule has 0 amide bonds. The molecule has 1 saturated heterocycles. The molecule has 2 N–H and O–H groups in total. The molecule has 0 radical (unpaired) electrons. The van der Waals surface area contributed by atoms with Crippen LogP contribution >= 0.6 is 0 Å². The molecule has 1 aromatic carbocycles. The lowest BCUT2D eigenvalue weighted by atomic mass is 10.1. The van der Waals surface area contributed by atoms with Crippen LogP contribution in [-0.4, -0.2) is 27.5 Å². The highest BCUT2D eigenvalue weighted by atomic mass is 32.2. The lowest BCUT2D eigenvalue weighted by Gasteiger charge is -2.17. The molecule has 1 aromatic rings. The second-order valence-corrected chi connectivity index (χ2v) is 6.54. The van der Waals surface area contributed by atoms with Crippen LogP contribution in [0.2, 0.25) is 0 Å². The first-order valence-corrected chi connectivity index (χ1v) is 7.97. The molecule has 0 bridgehead atoms. The molecule has 6 heteroatoms. The molecule has 0 aliphatic carbocycles. The molecular weight excluding hydrogens is 267 g/mol. The van der Waals surface area contributed by atoms with E-state index in [1.165, 1.54) is 12.1 Å². The largest absolute Gasteiger partial charge is 0.317 e. The first kappa shape index (κ1) is 14.4. The van der Waals surface area contributed by atoms with Crippen LogP contribution in [0.4, 0.5) is 4.39 Å². The Morgan fingerprint density at radius 1 is 1.32 bits per heavy atom. The maximum absolute atomic E-state index is 13.7. The van der Waals surface area contributed by atoms with Gasteiger partial charge in [0.15, 0.2) is 0 Å². The van der Waals surface area contributed by atoms with Crippen LogP contribution in [-0.2, 0) is 10.0 Å². The van der Waals surface area contributed by atoms with Crippen molar-refractivity contribution >= 4 is 10.0 Å². The highest BCUT2D eigenvalue weighted by Crippen LogP contribution is 2.20. The Morgan fingerprint density at radius 3 is 2.84 bits per heavy atom. The Balaban J connectivity index is 2.22. The van der Waals surface area contributed by atoms with E-state index >= 15 is 0 Å². The van der Waals surface area contributed by atoms with Gasteiger partial charge >= 0.3 is 0 Å². The van der Waals surface area contributed by atoms with E-state index in [9.17, 15) is 12.8 Å². The van der Waals surface area contributed by atoms with Gasteiger partial charge in [0.2, 0.25) is 10.0 Å². The summed E-state index contributed by atoms with van der Waals surface area (Å²) in [6, 6.07) is 4.17. The van der Waals surface area contributed by atoms with Crippen LogP contribution in [0.1, 0.15) is 24.8 Å². The summed E-state index contributed by atoms with van der Waals surface area (Å²) in [4.78, 5) is -0.229. The number of halogens is 1. The van der Waals surface area contributed by atoms with Crippen molar-refractivity contribution in [1.82, 2.24) is 10.0 Å². The fraction of sp³-hybridized carbons (Fsp3) is 0.538. The molecule has 2 rings (SSSR count). The SMILES string of the molecule is Cc1cccc(F)c1S(=O)(=O)NC1CCCNCC1. The van der Waals surface area contributed by atoms with Gasteiger partial charge in [-0.25, -0.2) is 17.5 Å². The average Bonchev–Trinajstić information content (AvgIpc) is 2.56. The van der Waals surface area contributed by atoms with Gasteiger partial charge in [-0.2, -0.15) is 0 Å². The summed E-state index contributed by atoms with van der Waals surface area (Å²) in [6.07, 6.45) is 2.43. The second-order valence-electron chi connectivity index (χ2n) is 4.88. The molecule has 19 heavy (non-hydrogen) atoms. The van der Waals surface area contributed by atoms with Gasteiger partial charge in [0.1, 0.15) is 10.7 Å². The Bertz CT molecular complexity index is 517. The van der Waals surface area contributed by atoms with E-state index < -0.39 is 15.8 Å². The van der Waals surface area contributed by atoms with Crippen LogP contribution < -0.4 is 10.0 Å². The normalized spacial score (nSPS) is 21.1. The third-order valence-corrected chi connectivity index (χ3v) is 5.03. The minimum absolute atomic E-state index is 0.126. The number of aryl methyl sites for hydroxylation is 1. The number of hydrogen-bond donors (Lipinski definition) is 2. The van der Waals surface area contributed by atoms with E-state index in [4.69, 9.17) is 0 Å². The van der Waals surface area contributed by atoms with Gasteiger partial charge in [0, 0.05) is 6.04 Å². The summed E-state index contributed by atoms with van der Waals surface area (Å²) in [5, 5.41) is 3.22. The van der Waals surface area contributed by atoms with Crippen LogP contribution in [0.25, 0.3) is 0 Å². The highest BCUT2D eigenvalue weighted by Gasteiger charge is 2.25. The van der Waals surface area contributed by atoms with E-state index in [0.717, 1.165) is 32.4 Å². The number of nitrogens with one attached hydrogen (secondary N) is 2. The lowest BCUT2D eigenvalue weighted by Crippen LogP contribution is -2.36. The standard InChI is InChI=1S/C13H19FN2O2S/c1-10-4-2-6-12(14)13(10)19(17,18)16-11-5-3-8-15-9-7-11/h2,4,6,11,15-16H,3,5,7-9H2,1H3. The quantitative estimate of drug-likeness (QED) is 0.886. The molecule has 106 valence electrons. The lowest BCUT2D eigenvalue weighted by molar-refractivity contribution is 0.509. The van der Waals surface area contributed by atoms with Gasteiger partial charge in [0.05, 0.1) is 0 Å². The topological polar surface area (TPSA) is 58.2 Å². The summed E-state index contributed by atoms with van der Waals surface area (Å²) in [5.41, 5.74) is 0.430. The first-order chi connectivity index (χ1) is 9.00. The summed E-state index contributed by atoms with van der Waals surface area (Å²) < 4.78 is 40.9. The molecule has 0 saturated carbocycles. The molecule has 1 unspecified atom stereocenters. The third-order valence-electron chi connectivity index (χ3n) is 3.33. The summed E-state index contributed by atoms with van der Waals surface area (Å²) in [6.45, 7) is 3.28. The van der Waals surface area contributed by atoms with E-state index in [0.29, 0.717) is 5.56 Å². The molecule has 1 heterocycles. The minimum Gasteiger partial charge on any atom is -0.317 e. The summed E-state index contributed by atoms with van der Waals surface area (Å²) in [7, 11) is -3.79. The van der Waals surface area contributed by atoms with Gasteiger partial charge in [-0.1, -0.05) is 12.1 Å². The highest BCUT2D eigenvalue weighted by molar-refractivity contribution is 7.89. The van der Waals surface area contributed by atoms with Crippen molar-refractivity contribution in [2.45, 2.75) is 37.1 Å². The Labute approximate surface area is 113 Å². The van der Waals surface area contributed by atoms with Crippen LogP contribution in [0.5, 0.6) is 0 Å². The third kappa shape index (κ3) is 3.52. The maximum Gasteiger partial charge on any atom is 0.243 e. The van der Waals surface area contributed by atoms with Crippen molar-refractivity contribution in [2.24, 2.45) is 0 Å². The van der Waals surface area contributed by atoms with E-state index in [-0.39, 0.29) is 10.9 Å². The monoisotopic (exact) mass is 286 g/mol. The predicted molar refractivity (Wildman–Crippen MR) is 72.0 cm³/mol. The van der Waals surface area contributed by atoms with Gasteiger partial charge in [0.25, 0.3) is 0 Å². The van der Waals surface area contributed by atoms with Crippen LogP contribution in [0, 0.1) is 12.7 Å². The Morgan fingerprint density at radius 2 is 2.11 bits per heavy atom. The van der Waals surface area contributed by atoms with Crippen molar-refractivity contribution in [3.63, 3.8) is 0 Å². The fourth-order valence-corrected chi connectivity index (χ4v) is 3.98. The molecule has 1 fully saturated rings. The minimum atomic E-state index is -3.79. The maximum atomic E-state index is 13.7. The van der Waals surface area contributed by atoms with Gasteiger partial charge in [-0.3, -0.25) is 0 Å². The van der Waals surface area contributed by atoms with Crippen molar-refractivity contribution in [1.29, 1.82) is 0 Å². The molecule has 0 spiro atoms. The van der Waals surface area contributed by atoms with Crippen LogP contribution in [0.3, 0.4) is 0 Å². The summed E-state index contributed by atoms with van der Waals surface area (Å²) >= 11 is 0. The Kier molecular flexibility index (Phi) is 4.54. The van der Waals surface area contributed by atoms with E-state index in [2.05, 4.69) is 10.0 Å². The van der Waals surface area contributed by atoms with Gasteiger partial charge in [-0.05, 0) is 50.9 Å². The molecular formula is C13H19FN2O2S. The average molecular weight is 286 g/mol. The molecule has 4 nitrogen and oxygen atoms in total. The second kappa shape index (κ2) is 5.98. The molecule has 1 aliphatic heterocycles. The zero-order chi connectivity index (χ0) is 13.9. The molecule has 0 aromatic heterocycles. The van der Waals surface area contributed by atoms with Crippen LogP contribution in [0.15, 0.2) is 23.1 Å². The van der Waals surface area contributed by atoms with Crippen molar-refractivity contribution < 1.29 is 12.8 Å². The first-order valence-electron chi connectivity index (χ1n) is 6.49. The Hall–Kier alpha value is -0.980. The summed E-state index contributed by atoms with van der Waals surface area (Å²) in [5.74, 6) is -0.695. The zero-order valence-electron chi connectivity index (χ0n) is 10.9. The van der Waals surface area contributed by atoms with Crippen molar-refractivity contribution in [2.75, 3.05) is 13.1 Å². The van der Waals surface area contributed by atoms with Crippen molar-refractivity contribution in [3.05, 3.63) is 29.6 Å². The number of sulfonamides is 1. The number of rotatable bonds is 3. The van der Waals surface area contributed by atoms with Gasteiger partial charge < -0.3 is 5.32 Å². The fourth-order valence-electron chi connectivity index (χ4n) is 2.37. The molecule has 1 aliphatic rings. The predicted octanol–water partition coefficient (Wildman–Crippen LogP) is 1.55. The number of hydrogen-bond acceptors (Lipinski definition) is 3. The smallest absolute Gasteiger partial charge is 0.243 e. The van der Waals surface area contributed by atoms with E-state index in [1.807, 2.05) is 0 Å². The zero-order valence-corrected chi connectivity index (χ0v) is 11.8. The molecule has 1 atom stereocenters. The number of benzene rings is 1. The van der Waals surface area contributed by atoms with E-state index in [1.54, 1.807) is 13.0 Å². The van der Waals surface area contributed by atoms with Gasteiger partial charge in [-0.15, -0.1) is 0 Å². The van der Waals surface area contributed by atoms with Crippen molar-refractivity contribution in [3.8, 4) is 0 Å².